The lowest BCUT2D eigenvalue weighted by atomic mass is 10.0. The Hall–Kier alpha value is 0.0600. The molecule has 1 fully saturated rings. The normalized spacial score (nSPS) is 24.8. The minimum absolute atomic E-state index is 0.246. The van der Waals surface area contributed by atoms with Crippen molar-refractivity contribution in [3.05, 3.63) is 20.3 Å². The van der Waals surface area contributed by atoms with E-state index in [9.17, 15) is 0 Å². The van der Waals surface area contributed by atoms with Gasteiger partial charge in [-0.15, -0.1) is 11.3 Å². The summed E-state index contributed by atoms with van der Waals surface area (Å²) in [5, 5.41) is 3.26. The first-order valence-corrected chi connectivity index (χ1v) is 8.54. The van der Waals surface area contributed by atoms with Crippen LogP contribution in [0.1, 0.15) is 29.1 Å². The Morgan fingerprint density at radius 1 is 1.58 bits per heavy atom. The minimum atomic E-state index is 0.246. The zero-order chi connectivity index (χ0) is 13.8. The predicted octanol–water partition coefficient (Wildman–Crippen LogP) is 3.19. The van der Waals surface area contributed by atoms with Gasteiger partial charge >= 0.3 is 0 Å². The largest absolute Gasteiger partial charge is 0.374 e. The zero-order valence-electron chi connectivity index (χ0n) is 11.9. The summed E-state index contributed by atoms with van der Waals surface area (Å²) < 4.78 is 7.22. The molecule has 19 heavy (non-hydrogen) atoms. The summed E-state index contributed by atoms with van der Waals surface area (Å²) in [6, 6.07) is 2.65. The maximum atomic E-state index is 6.00. The van der Waals surface area contributed by atoms with Gasteiger partial charge in [0.05, 0.1) is 18.8 Å². The third-order valence-electron chi connectivity index (χ3n) is 3.54. The Morgan fingerprint density at radius 2 is 2.37 bits per heavy atom. The molecule has 108 valence electrons. The number of thiophene rings is 1. The van der Waals surface area contributed by atoms with Gasteiger partial charge in [0.25, 0.3) is 0 Å². The molecule has 0 amide bonds. The average Bonchev–Trinajstić information content (AvgIpc) is 2.70. The Labute approximate surface area is 128 Å². The van der Waals surface area contributed by atoms with Crippen LogP contribution in [0.3, 0.4) is 0 Å². The van der Waals surface area contributed by atoms with Crippen LogP contribution in [-0.2, 0) is 4.74 Å². The number of morpholine rings is 1. The molecule has 2 heterocycles. The third-order valence-corrected chi connectivity index (χ3v) is 5.75. The fourth-order valence-electron chi connectivity index (χ4n) is 2.69. The van der Waals surface area contributed by atoms with Crippen molar-refractivity contribution in [2.75, 3.05) is 33.3 Å². The number of hydrogen-bond acceptors (Lipinski definition) is 4. The van der Waals surface area contributed by atoms with E-state index in [1.54, 1.807) is 0 Å². The molecule has 1 N–H and O–H groups in total. The van der Waals surface area contributed by atoms with Crippen LogP contribution >= 0.6 is 27.3 Å². The van der Waals surface area contributed by atoms with E-state index in [2.05, 4.69) is 46.1 Å². The van der Waals surface area contributed by atoms with E-state index in [-0.39, 0.29) is 6.10 Å². The molecule has 1 saturated heterocycles. The summed E-state index contributed by atoms with van der Waals surface area (Å²) in [6.45, 7) is 8.33. The van der Waals surface area contributed by atoms with Gasteiger partial charge in [0.2, 0.25) is 0 Å². The molecular formula is C14H23BrN2OS. The van der Waals surface area contributed by atoms with E-state index in [1.807, 2.05) is 18.4 Å². The minimum Gasteiger partial charge on any atom is -0.374 e. The highest BCUT2D eigenvalue weighted by molar-refractivity contribution is 9.10. The lowest BCUT2D eigenvalue weighted by Crippen LogP contribution is -2.48. The number of aryl methyl sites for hydroxylation is 1. The summed E-state index contributed by atoms with van der Waals surface area (Å²) in [6.07, 6.45) is 1.43. The highest BCUT2D eigenvalue weighted by Gasteiger charge is 2.34. The van der Waals surface area contributed by atoms with Crippen LogP contribution in [0.15, 0.2) is 10.5 Å². The van der Waals surface area contributed by atoms with Gasteiger partial charge < -0.3 is 10.1 Å². The van der Waals surface area contributed by atoms with Gasteiger partial charge in [-0.05, 0) is 48.9 Å². The number of nitrogens with zero attached hydrogens (tertiary/aromatic N) is 1. The van der Waals surface area contributed by atoms with Gasteiger partial charge in [0.1, 0.15) is 0 Å². The smallest absolute Gasteiger partial charge is 0.0904 e. The molecule has 1 aromatic rings. The van der Waals surface area contributed by atoms with Crippen LogP contribution in [0.2, 0.25) is 0 Å². The second kappa shape index (κ2) is 7.18. The number of halogens is 1. The van der Waals surface area contributed by atoms with E-state index in [0.717, 1.165) is 26.2 Å². The molecule has 3 nitrogen and oxygen atoms in total. The van der Waals surface area contributed by atoms with Crippen molar-refractivity contribution in [2.45, 2.75) is 32.4 Å². The summed E-state index contributed by atoms with van der Waals surface area (Å²) in [5.74, 6) is 0. The van der Waals surface area contributed by atoms with E-state index < -0.39 is 0 Å². The number of nitrogens with one attached hydrogen (secondary N) is 1. The quantitative estimate of drug-likeness (QED) is 0.885. The van der Waals surface area contributed by atoms with Gasteiger partial charge in [-0.1, -0.05) is 6.92 Å². The maximum absolute atomic E-state index is 6.00. The molecule has 0 saturated carbocycles. The van der Waals surface area contributed by atoms with Gasteiger partial charge in [-0.25, -0.2) is 0 Å². The monoisotopic (exact) mass is 346 g/mol. The number of ether oxygens (including phenoxy) is 1. The van der Waals surface area contributed by atoms with Crippen LogP contribution in [0, 0.1) is 6.92 Å². The van der Waals surface area contributed by atoms with Gasteiger partial charge in [-0.3, -0.25) is 4.90 Å². The van der Waals surface area contributed by atoms with Crippen molar-refractivity contribution < 1.29 is 4.74 Å². The molecule has 0 aliphatic carbocycles. The Bertz CT molecular complexity index is 373. The second-order valence-corrected chi connectivity index (χ2v) is 7.14. The topological polar surface area (TPSA) is 24.5 Å². The van der Waals surface area contributed by atoms with Gasteiger partial charge in [0.15, 0.2) is 0 Å². The SMILES string of the molecule is CCCN1CCOC(CNC)C1c1cc(Br)c(C)s1. The highest BCUT2D eigenvalue weighted by Crippen LogP contribution is 2.37. The molecular weight excluding hydrogens is 324 g/mol. The average molecular weight is 347 g/mol. The fraction of sp³-hybridized carbons (Fsp3) is 0.714. The Morgan fingerprint density at radius 3 is 2.95 bits per heavy atom. The van der Waals surface area contributed by atoms with E-state index in [1.165, 1.54) is 20.6 Å². The van der Waals surface area contributed by atoms with Crippen LogP contribution in [0.5, 0.6) is 0 Å². The zero-order valence-corrected chi connectivity index (χ0v) is 14.3. The molecule has 1 aliphatic heterocycles. The maximum Gasteiger partial charge on any atom is 0.0904 e. The first-order valence-electron chi connectivity index (χ1n) is 6.93. The molecule has 2 unspecified atom stereocenters. The van der Waals surface area contributed by atoms with Crippen LogP contribution in [-0.4, -0.2) is 44.3 Å². The summed E-state index contributed by atoms with van der Waals surface area (Å²) >= 11 is 5.52. The first kappa shape index (κ1) is 15.4. The van der Waals surface area contributed by atoms with E-state index >= 15 is 0 Å². The lowest BCUT2D eigenvalue weighted by molar-refractivity contribution is -0.0692. The van der Waals surface area contributed by atoms with Crippen molar-refractivity contribution in [1.82, 2.24) is 10.2 Å². The molecule has 1 aliphatic rings. The molecule has 2 atom stereocenters. The highest BCUT2D eigenvalue weighted by atomic mass is 79.9. The van der Waals surface area contributed by atoms with E-state index in [0.29, 0.717) is 6.04 Å². The molecule has 2 rings (SSSR count). The third kappa shape index (κ3) is 3.58. The lowest BCUT2D eigenvalue weighted by Gasteiger charge is -2.40. The van der Waals surface area contributed by atoms with Gasteiger partial charge in [0, 0.05) is 27.3 Å². The van der Waals surface area contributed by atoms with E-state index in [4.69, 9.17) is 4.74 Å². The summed E-state index contributed by atoms with van der Waals surface area (Å²) in [7, 11) is 1.99. The first-order chi connectivity index (χ1) is 9.17. The number of rotatable bonds is 5. The number of likely N-dealkylation sites (N-methyl/N-ethyl adjacent to an activating group) is 1. The Kier molecular flexibility index (Phi) is 5.84. The number of hydrogen-bond donors (Lipinski definition) is 1. The van der Waals surface area contributed by atoms with Crippen molar-refractivity contribution >= 4 is 27.3 Å². The Balaban J connectivity index is 2.25. The predicted molar refractivity (Wildman–Crippen MR) is 85.0 cm³/mol. The second-order valence-electron chi connectivity index (χ2n) is 5.00. The fourth-order valence-corrected chi connectivity index (χ4v) is 4.44. The van der Waals surface area contributed by atoms with Crippen molar-refractivity contribution in [3.8, 4) is 0 Å². The summed E-state index contributed by atoms with van der Waals surface area (Å²) in [4.78, 5) is 5.33. The van der Waals surface area contributed by atoms with Crippen molar-refractivity contribution in [1.29, 1.82) is 0 Å². The molecule has 0 bridgehead atoms. The van der Waals surface area contributed by atoms with Crippen LogP contribution in [0.4, 0.5) is 0 Å². The van der Waals surface area contributed by atoms with Crippen LogP contribution in [0.25, 0.3) is 0 Å². The van der Waals surface area contributed by atoms with Crippen molar-refractivity contribution in [2.24, 2.45) is 0 Å². The van der Waals surface area contributed by atoms with Gasteiger partial charge in [-0.2, -0.15) is 0 Å². The molecule has 0 radical (unpaired) electrons. The van der Waals surface area contributed by atoms with Crippen molar-refractivity contribution in [3.63, 3.8) is 0 Å². The van der Waals surface area contributed by atoms with Crippen LogP contribution < -0.4 is 5.32 Å². The molecule has 1 aromatic heterocycles. The molecule has 5 heteroatoms. The molecule has 0 aromatic carbocycles. The summed E-state index contributed by atoms with van der Waals surface area (Å²) in [5.41, 5.74) is 0. The molecule has 0 spiro atoms. The standard InChI is InChI=1S/C14H23BrN2OS/c1-4-5-17-6-7-18-12(9-16-3)14(17)13-8-11(15)10(2)19-13/h8,12,14,16H,4-7,9H2,1-3H3.